The Morgan fingerprint density at radius 3 is 2.69 bits per heavy atom. The Bertz CT molecular complexity index is 468. The van der Waals surface area contributed by atoms with Gasteiger partial charge >= 0.3 is 0 Å². The number of halogens is 1. The van der Waals surface area contributed by atoms with Gasteiger partial charge in [0.25, 0.3) is 0 Å². The normalized spacial score (nSPS) is 13.0. The lowest BCUT2D eigenvalue weighted by atomic mass is 10.1. The first-order valence-electron chi connectivity index (χ1n) is 4.76. The van der Waals surface area contributed by atoms with Crippen molar-refractivity contribution >= 4 is 15.9 Å². The van der Waals surface area contributed by atoms with E-state index < -0.39 is 0 Å². The summed E-state index contributed by atoms with van der Waals surface area (Å²) in [6.45, 7) is 0. The molecule has 2 heterocycles. The number of hydrogen-bond acceptors (Lipinski definition) is 4. The summed E-state index contributed by atoms with van der Waals surface area (Å²) in [6.07, 6.45) is 3.62. The predicted molar refractivity (Wildman–Crippen MR) is 63.3 cm³/mol. The average molecular weight is 285 g/mol. The molecule has 2 rings (SSSR count). The SMILES string of the molecule is Cn1ccc(C(NN)c2c(Br)cnn2C)n1. The van der Waals surface area contributed by atoms with Crippen LogP contribution in [0.4, 0.5) is 0 Å². The summed E-state index contributed by atoms with van der Waals surface area (Å²) >= 11 is 3.45. The van der Waals surface area contributed by atoms with Crippen molar-refractivity contribution in [3.05, 3.63) is 34.3 Å². The highest BCUT2D eigenvalue weighted by Crippen LogP contribution is 2.26. The van der Waals surface area contributed by atoms with Crippen LogP contribution < -0.4 is 11.3 Å². The zero-order valence-electron chi connectivity index (χ0n) is 9.05. The van der Waals surface area contributed by atoms with Gasteiger partial charge in [0.1, 0.15) is 6.04 Å². The Balaban J connectivity index is 2.44. The summed E-state index contributed by atoms with van der Waals surface area (Å²) in [5, 5.41) is 8.49. The highest BCUT2D eigenvalue weighted by Gasteiger charge is 2.21. The van der Waals surface area contributed by atoms with Gasteiger partial charge in [0.05, 0.1) is 22.1 Å². The minimum atomic E-state index is -0.178. The lowest BCUT2D eigenvalue weighted by Crippen LogP contribution is -2.31. The third-order valence-corrected chi connectivity index (χ3v) is 3.02. The van der Waals surface area contributed by atoms with Crippen molar-refractivity contribution in [1.29, 1.82) is 0 Å². The minimum Gasteiger partial charge on any atom is -0.275 e. The molecule has 0 saturated heterocycles. The molecule has 0 spiro atoms. The first-order chi connectivity index (χ1) is 7.63. The number of aromatic nitrogens is 4. The van der Waals surface area contributed by atoms with E-state index in [1.165, 1.54) is 0 Å². The van der Waals surface area contributed by atoms with E-state index in [0.29, 0.717) is 0 Å². The van der Waals surface area contributed by atoms with Crippen molar-refractivity contribution < 1.29 is 0 Å². The van der Waals surface area contributed by atoms with Gasteiger partial charge in [-0.15, -0.1) is 0 Å². The fourth-order valence-corrected chi connectivity index (χ4v) is 2.21. The quantitative estimate of drug-likeness (QED) is 0.635. The Kier molecular flexibility index (Phi) is 3.08. The lowest BCUT2D eigenvalue weighted by Gasteiger charge is -2.14. The van der Waals surface area contributed by atoms with Crippen molar-refractivity contribution in [2.45, 2.75) is 6.04 Å². The molecule has 0 aliphatic heterocycles. The molecule has 1 atom stereocenters. The van der Waals surface area contributed by atoms with E-state index in [9.17, 15) is 0 Å². The average Bonchev–Trinajstić information content (AvgIpc) is 2.80. The van der Waals surface area contributed by atoms with Gasteiger partial charge in [-0.3, -0.25) is 15.2 Å². The largest absolute Gasteiger partial charge is 0.275 e. The zero-order valence-corrected chi connectivity index (χ0v) is 10.6. The van der Waals surface area contributed by atoms with E-state index in [4.69, 9.17) is 5.84 Å². The molecule has 86 valence electrons. The standard InChI is InChI=1S/C9H13BrN6/c1-15-4-3-7(14-15)8(13-11)9-6(10)5-12-16(9)2/h3-5,8,13H,11H2,1-2H3. The van der Waals surface area contributed by atoms with Gasteiger partial charge < -0.3 is 0 Å². The fourth-order valence-electron chi connectivity index (χ4n) is 1.64. The molecule has 0 saturated carbocycles. The van der Waals surface area contributed by atoms with Crippen LogP contribution in [0.2, 0.25) is 0 Å². The summed E-state index contributed by atoms with van der Waals surface area (Å²) < 4.78 is 4.41. The second-order valence-electron chi connectivity index (χ2n) is 3.52. The third kappa shape index (κ3) is 1.89. The summed E-state index contributed by atoms with van der Waals surface area (Å²) in [4.78, 5) is 0. The van der Waals surface area contributed by atoms with Gasteiger partial charge in [-0.2, -0.15) is 10.2 Å². The number of nitrogens with zero attached hydrogens (tertiary/aromatic N) is 4. The van der Waals surface area contributed by atoms with Gasteiger partial charge in [0.15, 0.2) is 0 Å². The summed E-state index contributed by atoms with van der Waals surface area (Å²) in [5.74, 6) is 5.58. The first-order valence-corrected chi connectivity index (χ1v) is 5.56. The topological polar surface area (TPSA) is 73.7 Å². The van der Waals surface area contributed by atoms with E-state index in [0.717, 1.165) is 15.9 Å². The molecule has 3 N–H and O–H groups in total. The van der Waals surface area contributed by atoms with Crippen LogP contribution in [0.5, 0.6) is 0 Å². The van der Waals surface area contributed by atoms with Gasteiger partial charge in [-0.05, 0) is 22.0 Å². The molecule has 0 fully saturated rings. The molecular weight excluding hydrogens is 272 g/mol. The van der Waals surface area contributed by atoms with E-state index >= 15 is 0 Å². The molecule has 0 aliphatic carbocycles. The highest BCUT2D eigenvalue weighted by atomic mass is 79.9. The van der Waals surface area contributed by atoms with E-state index in [1.54, 1.807) is 15.6 Å². The molecule has 0 amide bonds. The van der Waals surface area contributed by atoms with Crippen LogP contribution in [0.1, 0.15) is 17.4 Å². The summed E-state index contributed by atoms with van der Waals surface area (Å²) in [6, 6.07) is 1.74. The highest BCUT2D eigenvalue weighted by molar-refractivity contribution is 9.10. The maximum atomic E-state index is 5.58. The molecule has 1 unspecified atom stereocenters. The van der Waals surface area contributed by atoms with E-state index in [2.05, 4.69) is 31.6 Å². The Morgan fingerprint density at radius 1 is 1.50 bits per heavy atom. The number of rotatable bonds is 3. The Labute approximate surface area is 102 Å². The van der Waals surface area contributed by atoms with Crippen LogP contribution in [0.3, 0.4) is 0 Å². The molecule has 0 bridgehead atoms. The monoisotopic (exact) mass is 284 g/mol. The number of hydrazine groups is 1. The molecule has 2 aromatic heterocycles. The summed E-state index contributed by atoms with van der Waals surface area (Å²) in [7, 11) is 3.74. The van der Waals surface area contributed by atoms with Crippen LogP contribution in [-0.4, -0.2) is 19.6 Å². The van der Waals surface area contributed by atoms with Crippen LogP contribution in [0.15, 0.2) is 22.9 Å². The number of hydrogen-bond donors (Lipinski definition) is 2. The molecule has 7 heteroatoms. The molecule has 16 heavy (non-hydrogen) atoms. The van der Waals surface area contributed by atoms with Gasteiger partial charge in [-0.25, -0.2) is 5.43 Å². The van der Waals surface area contributed by atoms with Gasteiger partial charge in [-0.1, -0.05) is 0 Å². The first kappa shape index (κ1) is 11.3. The smallest absolute Gasteiger partial charge is 0.108 e. The van der Waals surface area contributed by atoms with Crippen molar-refractivity contribution in [1.82, 2.24) is 25.0 Å². The van der Waals surface area contributed by atoms with Crippen molar-refractivity contribution in [2.24, 2.45) is 19.9 Å². The van der Waals surface area contributed by atoms with Crippen LogP contribution in [-0.2, 0) is 14.1 Å². The Morgan fingerprint density at radius 2 is 2.25 bits per heavy atom. The third-order valence-electron chi connectivity index (χ3n) is 2.41. The van der Waals surface area contributed by atoms with Crippen molar-refractivity contribution in [3.63, 3.8) is 0 Å². The molecule has 0 radical (unpaired) electrons. The number of nitrogens with one attached hydrogen (secondary N) is 1. The maximum Gasteiger partial charge on any atom is 0.108 e. The van der Waals surface area contributed by atoms with Crippen LogP contribution in [0, 0.1) is 0 Å². The predicted octanol–water partition coefficient (Wildman–Crippen LogP) is 0.469. The van der Waals surface area contributed by atoms with Crippen LogP contribution >= 0.6 is 15.9 Å². The molecule has 6 nitrogen and oxygen atoms in total. The minimum absolute atomic E-state index is 0.178. The molecule has 2 aromatic rings. The number of nitrogens with two attached hydrogens (primary N) is 1. The van der Waals surface area contributed by atoms with E-state index in [-0.39, 0.29) is 6.04 Å². The molecule has 0 aliphatic rings. The van der Waals surface area contributed by atoms with Crippen molar-refractivity contribution in [2.75, 3.05) is 0 Å². The molecular formula is C9H13BrN6. The van der Waals surface area contributed by atoms with Crippen LogP contribution in [0.25, 0.3) is 0 Å². The maximum absolute atomic E-state index is 5.58. The van der Waals surface area contributed by atoms with E-state index in [1.807, 2.05) is 26.4 Å². The number of aryl methyl sites for hydroxylation is 2. The van der Waals surface area contributed by atoms with Crippen molar-refractivity contribution in [3.8, 4) is 0 Å². The Hall–Kier alpha value is -1.18. The zero-order chi connectivity index (χ0) is 11.7. The second-order valence-corrected chi connectivity index (χ2v) is 4.37. The molecule has 0 aromatic carbocycles. The van der Waals surface area contributed by atoms with Gasteiger partial charge in [0, 0.05) is 20.3 Å². The lowest BCUT2D eigenvalue weighted by molar-refractivity contribution is 0.553. The van der Waals surface area contributed by atoms with Gasteiger partial charge in [0.2, 0.25) is 0 Å². The second kappa shape index (κ2) is 4.36. The summed E-state index contributed by atoms with van der Waals surface area (Å²) in [5.41, 5.74) is 4.55. The fraction of sp³-hybridized carbons (Fsp3) is 0.333.